The van der Waals surface area contributed by atoms with Crippen LogP contribution in [0, 0.1) is 7.11 Å². The van der Waals surface area contributed by atoms with Gasteiger partial charge in [0.15, 0.2) is 0 Å². The first kappa shape index (κ1) is 11.8. The fraction of sp³-hybridized carbons (Fsp3) is 0.833. The average Bonchev–Trinajstić information content (AvgIpc) is 1.69. The molecule has 0 heterocycles. The van der Waals surface area contributed by atoms with E-state index < -0.39 is 0 Å². The summed E-state index contributed by atoms with van der Waals surface area (Å²) in [6.07, 6.45) is 3.67. The van der Waals surface area contributed by atoms with E-state index in [-0.39, 0.29) is 32.7 Å². The van der Waals surface area contributed by atoms with Gasteiger partial charge in [0.25, 0.3) is 0 Å². The van der Waals surface area contributed by atoms with Crippen molar-refractivity contribution in [1.29, 1.82) is 0 Å². The maximum absolute atomic E-state index is 4.59. The van der Waals surface area contributed by atoms with Crippen LogP contribution >= 0.6 is 0 Å². The molecule has 0 saturated heterocycles. The summed E-state index contributed by atoms with van der Waals surface area (Å²) in [5, 5.41) is 0. The third kappa shape index (κ3) is 10.1. The maximum Gasteiger partial charge on any atom is 0.0110 e. The summed E-state index contributed by atoms with van der Waals surface area (Å²) >= 11 is 0. The first-order valence-corrected chi connectivity index (χ1v) is 2.78. The van der Waals surface area contributed by atoms with Crippen LogP contribution in [0.25, 0.3) is 0 Å². The smallest absolute Gasteiger partial charge is 0.0110 e. The first-order valence-electron chi connectivity index (χ1n) is 2.78. The Labute approximate surface area is 77.1 Å². The van der Waals surface area contributed by atoms with Crippen LogP contribution in [0.3, 0.4) is 0 Å². The minimum atomic E-state index is 0. The van der Waals surface area contributed by atoms with E-state index in [2.05, 4.69) is 18.8 Å². The van der Waals surface area contributed by atoms with Gasteiger partial charge in [0.2, 0.25) is 0 Å². The Kier molecular flexibility index (Phi) is 16.2. The van der Waals surface area contributed by atoms with Gasteiger partial charge in [-0.3, -0.25) is 0 Å². The SMILES string of the molecule is [CH2-]OCCCCC.[Y]. The molecule has 47 valence electrons. The molecule has 0 spiro atoms. The summed E-state index contributed by atoms with van der Waals surface area (Å²) in [4.78, 5) is 0. The molecule has 0 N–H and O–H groups in total. The molecular formula is C6H13OY-. The van der Waals surface area contributed by atoms with Gasteiger partial charge in [0.05, 0.1) is 0 Å². The number of hydrogen-bond donors (Lipinski definition) is 0. The summed E-state index contributed by atoms with van der Waals surface area (Å²) in [6.45, 7) is 2.98. The molecule has 0 aliphatic carbocycles. The van der Waals surface area contributed by atoms with Crippen LogP contribution in [0.1, 0.15) is 26.2 Å². The molecule has 0 rings (SSSR count). The molecule has 0 aromatic carbocycles. The summed E-state index contributed by atoms with van der Waals surface area (Å²) < 4.78 is 4.59. The quantitative estimate of drug-likeness (QED) is 0.486. The van der Waals surface area contributed by atoms with Crippen LogP contribution in [0.5, 0.6) is 0 Å². The van der Waals surface area contributed by atoms with Gasteiger partial charge in [-0.1, -0.05) is 19.8 Å². The summed E-state index contributed by atoms with van der Waals surface area (Å²) in [7, 11) is 3.26. The number of hydrogen-bond acceptors (Lipinski definition) is 1. The molecule has 2 heteroatoms. The Balaban J connectivity index is 0. The molecule has 0 atom stereocenters. The molecule has 0 unspecified atom stereocenters. The molecule has 1 nitrogen and oxygen atoms in total. The molecular weight excluding hydrogens is 177 g/mol. The van der Waals surface area contributed by atoms with Gasteiger partial charge in [-0.05, 0) is 6.42 Å². The van der Waals surface area contributed by atoms with Crippen LogP contribution in [0.15, 0.2) is 0 Å². The molecule has 0 aromatic rings. The van der Waals surface area contributed by atoms with E-state index in [9.17, 15) is 0 Å². The monoisotopic (exact) mass is 190 g/mol. The van der Waals surface area contributed by atoms with Crippen LogP contribution in [0.2, 0.25) is 0 Å². The van der Waals surface area contributed by atoms with Crippen LogP contribution < -0.4 is 0 Å². The van der Waals surface area contributed by atoms with Crippen molar-refractivity contribution in [3.05, 3.63) is 7.11 Å². The molecule has 1 radical (unpaired) electrons. The Hall–Kier alpha value is 1.06. The van der Waals surface area contributed by atoms with Crippen LogP contribution in [0.4, 0.5) is 0 Å². The second-order valence-corrected chi connectivity index (χ2v) is 1.62. The first-order chi connectivity index (χ1) is 3.41. The standard InChI is InChI=1S/C6H13O.Y/c1-3-4-5-6-7-2;/h2-6H2,1H3;/q-1;. The van der Waals surface area contributed by atoms with Gasteiger partial charge in [-0.2, -0.15) is 0 Å². The van der Waals surface area contributed by atoms with Crippen LogP contribution in [-0.4, -0.2) is 6.61 Å². The molecule has 0 aliphatic rings. The molecule has 0 saturated carbocycles. The van der Waals surface area contributed by atoms with Gasteiger partial charge in [0, 0.05) is 39.3 Å². The van der Waals surface area contributed by atoms with E-state index in [4.69, 9.17) is 0 Å². The van der Waals surface area contributed by atoms with Crippen molar-refractivity contribution < 1.29 is 37.4 Å². The van der Waals surface area contributed by atoms with E-state index in [1.165, 1.54) is 12.8 Å². The molecule has 0 bridgehead atoms. The fourth-order valence-corrected chi connectivity index (χ4v) is 0.454. The van der Waals surface area contributed by atoms with Gasteiger partial charge in [-0.25, -0.2) is 7.11 Å². The maximum atomic E-state index is 4.59. The Morgan fingerprint density at radius 2 is 2.00 bits per heavy atom. The molecule has 0 amide bonds. The predicted molar refractivity (Wildman–Crippen MR) is 30.8 cm³/mol. The molecule has 0 aliphatic heterocycles. The van der Waals surface area contributed by atoms with Crippen molar-refractivity contribution in [2.75, 3.05) is 6.61 Å². The van der Waals surface area contributed by atoms with Crippen molar-refractivity contribution in [3.63, 3.8) is 0 Å². The molecule has 0 aromatic heterocycles. The van der Waals surface area contributed by atoms with Gasteiger partial charge in [-0.15, -0.1) is 0 Å². The van der Waals surface area contributed by atoms with E-state index in [1.54, 1.807) is 0 Å². The average molecular weight is 190 g/mol. The van der Waals surface area contributed by atoms with Crippen molar-refractivity contribution in [2.24, 2.45) is 0 Å². The third-order valence-electron chi connectivity index (χ3n) is 0.892. The fourth-order valence-electron chi connectivity index (χ4n) is 0.454. The molecule has 0 fully saturated rings. The second kappa shape index (κ2) is 10.9. The van der Waals surface area contributed by atoms with E-state index in [0.717, 1.165) is 13.0 Å². The third-order valence-corrected chi connectivity index (χ3v) is 0.892. The van der Waals surface area contributed by atoms with Crippen molar-refractivity contribution in [2.45, 2.75) is 26.2 Å². The Bertz CT molecular complexity index is 27.7. The Morgan fingerprint density at radius 3 is 2.38 bits per heavy atom. The minimum absolute atomic E-state index is 0. The van der Waals surface area contributed by atoms with Gasteiger partial charge in [0.1, 0.15) is 0 Å². The predicted octanol–water partition coefficient (Wildman–Crippen LogP) is 1.98. The second-order valence-electron chi connectivity index (χ2n) is 1.62. The number of rotatable bonds is 4. The number of ether oxygens (including phenoxy) is 1. The summed E-state index contributed by atoms with van der Waals surface area (Å²) in [5.41, 5.74) is 0. The topological polar surface area (TPSA) is 9.23 Å². The number of unbranched alkanes of at least 4 members (excludes halogenated alkanes) is 2. The summed E-state index contributed by atoms with van der Waals surface area (Å²) in [6, 6.07) is 0. The zero-order valence-electron chi connectivity index (χ0n) is 5.52. The van der Waals surface area contributed by atoms with Gasteiger partial charge < -0.3 is 4.74 Å². The largest absolute Gasteiger partial charge is 0.555 e. The zero-order chi connectivity index (χ0) is 5.54. The van der Waals surface area contributed by atoms with Crippen LogP contribution in [-0.2, 0) is 37.4 Å². The van der Waals surface area contributed by atoms with E-state index in [1.807, 2.05) is 0 Å². The molecule has 8 heavy (non-hydrogen) atoms. The van der Waals surface area contributed by atoms with Gasteiger partial charge >= 0.3 is 0 Å². The van der Waals surface area contributed by atoms with Crippen molar-refractivity contribution >= 4 is 0 Å². The zero-order valence-corrected chi connectivity index (χ0v) is 8.36. The normalized spacial score (nSPS) is 8.25. The minimum Gasteiger partial charge on any atom is -0.555 e. The van der Waals surface area contributed by atoms with Crippen molar-refractivity contribution in [3.8, 4) is 0 Å². The Morgan fingerprint density at radius 1 is 1.38 bits per heavy atom. The van der Waals surface area contributed by atoms with E-state index >= 15 is 0 Å². The summed E-state index contributed by atoms with van der Waals surface area (Å²) in [5.74, 6) is 0. The van der Waals surface area contributed by atoms with E-state index in [0.29, 0.717) is 0 Å². The van der Waals surface area contributed by atoms with Crippen molar-refractivity contribution in [1.82, 2.24) is 0 Å².